The zero-order chi connectivity index (χ0) is 18.7. The van der Waals surface area contributed by atoms with Gasteiger partial charge in [0.05, 0.1) is 5.92 Å². The molecule has 0 aliphatic carbocycles. The summed E-state index contributed by atoms with van der Waals surface area (Å²) in [4.78, 5) is 28.3. The number of benzene rings is 2. The number of halogens is 1. The molecule has 6 heteroatoms. The standard InChI is InChI=1S/C20H22FN3O2/c1-23(2)16-7-9-17(10-8-16)24-13-15(11-19(24)25)20(26)22-12-14-5-3-4-6-18(14)21/h3-10,15H,11-13H2,1-2H3,(H,22,26). The molecule has 0 saturated carbocycles. The Balaban J connectivity index is 1.61. The fourth-order valence-corrected chi connectivity index (χ4v) is 3.03. The van der Waals surface area contributed by atoms with E-state index in [-0.39, 0.29) is 30.6 Å². The van der Waals surface area contributed by atoms with Crippen LogP contribution < -0.4 is 15.1 Å². The Hall–Kier alpha value is -2.89. The minimum absolute atomic E-state index is 0.0753. The molecule has 1 atom stereocenters. The van der Waals surface area contributed by atoms with Crippen molar-refractivity contribution in [2.75, 3.05) is 30.4 Å². The summed E-state index contributed by atoms with van der Waals surface area (Å²) in [6.45, 7) is 0.455. The summed E-state index contributed by atoms with van der Waals surface area (Å²) in [7, 11) is 3.90. The summed E-state index contributed by atoms with van der Waals surface area (Å²) in [5.41, 5.74) is 2.26. The SMILES string of the molecule is CN(C)c1ccc(N2CC(C(=O)NCc3ccccc3F)CC2=O)cc1. The van der Waals surface area contributed by atoms with E-state index in [9.17, 15) is 14.0 Å². The lowest BCUT2D eigenvalue weighted by Crippen LogP contribution is -2.32. The van der Waals surface area contributed by atoms with E-state index in [1.807, 2.05) is 43.3 Å². The molecular weight excluding hydrogens is 333 g/mol. The van der Waals surface area contributed by atoms with Crippen molar-refractivity contribution in [3.8, 4) is 0 Å². The van der Waals surface area contributed by atoms with Crippen molar-refractivity contribution in [3.05, 3.63) is 59.9 Å². The molecule has 1 fully saturated rings. The van der Waals surface area contributed by atoms with E-state index in [2.05, 4.69) is 5.32 Å². The molecule has 1 unspecified atom stereocenters. The molecule has 0 spiro atoms. The first-order valence-corrected chi connectivity index (χ1v) is 8.54. The summed E-state index contributed by atoms with van der Waals surface area (Å²) >= 11 is 0. The number of amides is 2. The van der Waals surface area contributed by atoms with Gasteiger partial charge in [0.1, 0.15) is 5.82 Å². The van der Waals surface area contributed by atoms with Crippen LogP contribution in [0.15, 0.2) is 48.5 Å². The Labute approximate surface area is 152 Å². The van der Waals surface area contributed by atoms with Gasteiger partial charge in [-0.1, -0.05) is 18.2 Å². The Bertz CT molecular complexity index is 805. The molecule has 2 amide bonds. The number of carbonyl (C=O) groups is 2. The van der Waals surface area contributed by atoms with Crippen molar-refractivity contribution >= 4 is 23.2 Å². The van der Waals surface area contributed by atoms with E-state index in [1.54, 1.807) is 23.1 Å². The van der Waals surface area contributed by atoms with Crippen molar-refractivity contribution in [2.24, 2.45) is 5.92 Å². The Morgan fingerprint density at radius 2 is 1.88 bits per heavy atom. The van der Waals surface area contributed by atoms with Gasteiger partial charge in [0.2, 0.25) is 11.8 Å². The molecule has 26 heavy (non-hydrogen) atoms. The van der Waals surface area contributed by atoms with Crippen molar-refractivity contribution < 1.29 is 14.0 Å². The van der Waals surface area contributed by atoms with Crippen molar-refractivity contribution in [2.45, 2.75) is 13.0 Å². The lowest BCUT2D eigenvalue weighted by atomic mass is 10.1. The summed E-state index contributed by atoms with van der Waals surface area (Å²) in [5, 5.41) is 2.73. The minimum atomic E-state index is -0.428. The van der Waals surface area contributed by atoms with Crippen LogP contribution in [0.25, 0.3) is 0 Å². The third kappa shape index (κ3) is 3.85. The molecule has 0 radical (unpaired) electrons. The summed E-state index contributed by atoms with van der Waals surface area (Å²) < 4.78 is 13.6. The van der Waals surface area contributed by atoms with Crippen LogP contribution in [0, 0.1) is 11.7 Å². The number of nitrogens with one attached hydrogen (secondary N) is 1. The number of hydrogen-bond donors (Lipinski definition) is 1. The maximum atomic E-state index is 13.6. The Kier molecular flexibility index (Phi) is 5.21. The van der Waals surface area contributed by atoms with Gasteiger partial charge < -0.3 is 15.1 Å². The fraction of sp³-hybridized carbons (Fsp3) is 0.300. The maximum absolute atomic E-state index is 13.6. The first-order chi connectivity index (χ1) is 12.5. The van der Waals surface area contributed by atoms with Crippen LogP contribution in [0.1, 0.15) is 12.0 Å². The van der Waals surface area contributed by atoms with Crippen LogP contribution in [-0.2, 0) is 16.1 Å². The largest absolute Gasteiger partial charge is 0.378 e. The predicted octanol–water partition coefficient (Wildman–Crippen LogP) is 2.56. The van der Waals surface area contributed by atoms with Crippen LogP contribution in [0.3, 0.4) is 0 Å². The van der Waals surface area contributed by atoms with E-state index in [4.69, 9.17) is 0 Å². The topological polar surface area (TPSA) is 52.6 Å². The highest BCUT2D eigenvalue weighted by molar-refractivity contribution is 6.00. The predicted molar refractivity (Wildman–Crippen MR) is 99.5 cm³/mol. The molecular formula is C20H22FN3O2. The van der Waals surface area contributed by atoms with Gasteiger partial charge in [-0.05, 0) is 30.3 Å². The molecule has 2 aromatic rings. The van der Waals surface area contributed by atoms with Gasteiger partial charge in [-0.2, -0.15) is 0 Å². The fourth-order valence-electron chi connectivity index (χ4n) is 3.03. The van der Waals surface area contributed by atoms with Crippen LogP contribution in [0.5, 0.6) is 0 Å². The summed E-state index contributed by atoms with van der Waals surface area (Å²) in [6.07, 6.45) is 0.165. The van der Waals surface area contributed by atoms with Crippen LogP contribution >= 0.6 is 0 Å². The average Bonchev–Trinajstić information content (AvgIpc) is 3.02. The highest BCUT2D eigenvalue weighted by Gasteiger charge is 2.35. The molecule has 2 aromatic carbocycles. The lowest BCUT2D eigenvalue weighted by molar-refractivity contribution is -0.126. The number of rotatable bonds is 5. The smallest absolute Gasteiger partial charge is 0.227 e. The van der Waals surface area contributed by atoms with Gasteiger partial charge in [-0.3, -0.25) is 9.59 Å². The van der Waals surface area contributed by atoms with Crippen LogP contribution in [-0.4, -0.2) is 32.5 Å². The Morgan fingerprint density at radius 1 is 1.19 bits per heavy atom. The minimum Gasteiger partial charge on any atom is -0.378 e. The second-order valence-corrected chi connectivity index (χ2v) is 6.63. The maximum Gasteiger partial charge on any atom is 0.227 e. The molecule has 1 aliphatic rings. The van der Waals surface area contributed by atoms with Gasteiger partial charge in [0.25, 0.3) is 0 Å². The molecule has 0 bridgehead atoms. The van der Waals surface area contributed by atoms with Gasteiger partial charge >= 0.3 is 0 Å². The van der Waals surface area contributed by atoms with E-state index < -0.39 is 5.92 Å². The van der Waals surface area contributed by atoms with Crippen molar-refractivity contribution in [3.63, 3.8) is 0 Å². The average molecular weight is 355 g/mol. The van der Waals surface area contributed by atoms with Gasteiger partial charge in [0, 0.05) is 50.5 Å². The summed E-state index contributed by atoms with van der Waals surface area (Å²) in [5.74, 6) is -1.08. The van der Waals surface area contributed by atoms with Crippen molar-refractivity contribution in [1.82, 2.24) is 5.32 Å². The molecule has 3 rings (SSSR count). The number of carbonyl (C=O) groups excluding carboxylic acids is 2. The zero-order valence-corrected chi connectivity index (χ0v) is 14.9. The highest BCUT2D eigenvalue weighted by Crippen LogP contribution is 2.27. The molecule has 5 nitrogen and oxygen atoms in total. The third-order valence-corrected chi connectivity index (χ3v) is 4.58. The van der Waals surface area contributed by atoms with E-state index >= 15 is 0 Å². The molecule has 136 valence electrons. The monoisotopic (exact) mass is 355 g/mol. The second-order valence-electron chi connectivity index (χ2n) is 6.63. The lowest BCUT2D eigenvalue weighted by Gasteiger charge is -2.19. The quantitative estimate of drug-likeness (QED) is 0.897. The van der Waals surface area contributed by atoms with E-state index in [1.165, 1.54) is 6.07 Å². The van der Waals surface area contributed by atoms with Crippen LogP contribution in [0.4, 0.5) is 15.8 Å². The van der Waals surface area contributed by atoms with Crippen molar-refractivity contribution in [1.29, 1.82) is 0 Å². The number of anilines is 2. The molecule has 0 aromatic heterocycles. The first kappa shape index (κ1) is 17.9. The molecule has 1 N–H and O–H groups in total. The molecule has 1 heterocycles. The first-order valence-electron chi connectivity index (χ1n) is 8.54. The van der Waals surface area contributed by atoms with Gasteiger partial charge in [-0.25, -0.2) is 4.39 Å². The third-order valence-electron chi connectivity index (χ3n) is 4.58. The number of hydrogen-bond acceptors (Lipinski definition) is 3. The molecule has 1 saturated heterocycles. The van der Waals surface area contributed by atoms with E-state index in [0.717, 1.165) is 11.4 Å². The normalized spacial score (nSPS) is 16.7. The number of nitrogens with zero attached hydrogens (tertiary/aromatic N) is 2. The van der Waals surface area contributed by atoms with E-state index in [0.29, 0.717) is 12.1 Å². The van der Waals surface area contributed by atoms with Crippen LogP contribution in [0.2, 0.25) is 0 Å². The molecule has 1 aliphatic heterocycles. The Morgan fingerprint density at radius 3 is 2.54 bits per heavy atom. The van der Waals surface area contributed by atoms with Gasteiger partial charge in [-0.15, -0.1) is 0 Å². The zero-order valence-electron chi connectivity index (χ0n) is 14.9. The highest BCUT2D eigenvalue weighted by atomic mass is 19.1. The second kappa shape index (κ2) is 7.56. The van der Waals surface area contributed by atoms with Gasteiger partial charge in [0.15, 0.2) is 0 Å². The summed E-state index contributed by atoms with van der Waals surface area (Å²) in [6, 6.07) is 14.0.